The topological polar surface area (TPSA) is 84.3 Å². The summed E-state index contributed by atoms with van der Waals surface area (Å²) in [6, 6.07) is 2.40. The molecule has 2 atom stereocenters. The number of ether oxygens (including phenoxy) is 3. The van der Waals surface area contributed by atoms with Crippen LogP contribution in [0.5, 0.6) is 6.01 Å². The SMILES string of the molecule is c1c(NN=C2CCC[C@H]3CCCC[C@H]23)nc(OCCN2CCOCC2)nc1N1CCOCC1. The summed E-state index contributed by atoms with van der Waals surface area (Å²) in [6.07, 6.45) is 9.06. The van der Waals surface area contributed by atoms with Crippen LogP contribution < -0.4 is 15.1 Å². The van der Waals surface area contributed by atoms with Gasteiger partial charge in [-0.15, -0.1) is 0 Å². The molecule has 9 heteroatoms. The van der Waals surface area contributed by atoms with Gasteiger partial charge in [0, 0.05) is 50.4 Å². The predicted molar refractivity (Wildman–Crippen MR) is 128 cm³/mol. The first-order chi connectivity index (χ1) is 16.3. The van der Waals surface area contributed by atoms with E-state index in [2.05, 4.69) is 20.2 Å². The third kappa shape index (κ3) is 6.13. The van der Waals surface area contributed by atoms with E-state index < -0.39 is 0 Å². The minimum atomic E-state index is 0.411. The van der Waals surface area contributed by atoms with Crippen LogP contribution in [0.2, 0.25) is 0 Å². The standard InChI is InChI=1S/C24H38N6O3/c1-2-6-20-19(4-1)5-3-7-21(20)27-28-22-18-23(30-11-15-32-16-12-30)26-24(25-22)33-17-10-29-8-13-31-14-9-29/h18-20H,1-17H2,(H,25,26,28)/t19-,20+/m1/s1. The number of rotatable bonds is 7. The Morgan fingerprint density at radius 2 is 1.73 bits per heavy atom. The lowest BCUT2D eigenvalue weighted by atomic mass is 9.70. The Bertz CT molecular complexity index is 792. The van der Waals surface area contributed by atoms with E-state index in [1.807, 2.05) is 6.07 Å². The van der Waals surface area contributed by atoms with Gasteiger partial charge in [-0.05, 0) is 38.0 Å². The first kappa shape index (κ1) is 22.8. The van der Waals surface area contributed by atoms with Crippen LogP contribution in [0.4, 0.5) is 11.6 Å². The van der Waals surface area contributed by atoms with Gasteiger partial charge in [-0.2, -0.15) is 15.1 Å². The second-order valence-corrected chi connectivity index (χ2v) is 9.55. The molecule has 3 heterocycles. The first-order valence-electron chi connectivity index (χ1n) is 12.8. The molecule has 182 valence electrons. The van der Waals surface area contributed by atoms with Crippen molar-refractivity contribution in [1.82, 2.24) is 14.9 Å². The van der Waals surface area contributed by atoms with Crippen molar-refractivity contribution < 1.29 is 14.2 Å². The second kappa shape index (κ2) is 11.4. The molecule has 0 radical (unpaired) electrons. The van der Waals surface area contributed by atoms with Gasteiger partial charge in [0.25, 0.3) is 0 Å². The number of aromatic nitrogens is 2. The lowest BCUT2D eigenvalue weighted by molar-refractivity contribution is 0.0317. The largest absolute Gasteiger partial charge is 0.462 e. The van der Waals surface area contributed by atoms with Gasteiger partial charge in [-0.3, -0.25) is 10.3 Å². The summed E-state index contributed by atoms with van der Waals surface area (Å²) in [6.45, 7) is 7.96. The van der Waals surface area contributed by atoms with Gasteiger partial charge in [0.15, 0.2) is 5.82 Å². The van der Waals surface area contributed by atoms with E-state index in [0.29, 0.717) is 37.6 Å². The van der Waals surface area contributed by atoms with Crippen molar-refractivity contribution >= 4 is 17.3 Å². The lowest BCUT2D eigenvalue weighted by Gasteiger charge is -2.36. The van der Waals surface area contributed by atoms with Crippen LogP contribution in [0.15, 0.2) is 11.2 Å². The maximum atomic E-state index is 6.01. The molecule has 1 aromatic heterocycles. The zero-order valence-electron chi connectivity index (χ0n) is 19.7. The summed E-state index contributed by atoms with van der Waals surface area (Å²) in [5, 5.41) is 4.87. The van der Waals surface area contributed by atoms with Gasteiger partial charge in [-0.25, -0.2) is 0 Å². The maximum absolute atomic E-state index is 6.01. The highest BCUT2D eigenvalue weighted by Gasteiger charge is 2.32. The van der Waals surface area contributed by atoms with Crippen LogP contribution in [0.25, 0.3) is 0 Å². The van der Waals surface area contributed by atoms with Gasteiger partial charge >= 0.3 is 6.01 Å². The zero-order chi connectivity index (χ0) is 22.3. The van der Waals surface area contributed by atoms with Crippen molar-refractivity contribution in [3.63, 3.8) is 0 Å². The Morgan fingerprint density at radius 3 is 2.58 bits per heavy atom. The summed E-state index contributed by atoms with van der Waals surface area (Å²) in [7, 11) is 0. The highest BCUT2D eigenvalue weighted by atomic mass is 16.5. The molecule has 5 rings (SSSR count). The Hall–Kier alpha value is -1.97. The van der Waals surface area contributed by atoms with Crippen molar-refractivity contribution in [1.29, 1.82) is 0 Å². The molecule has 0 bridgehead atoms. The number of fused-ring (bicyclic) bond motifs is 1. The van der Waals surface area contributed by atoms with E-state index in [-0.39, 0.29) is 0 Å². The quantitative estimate of drug-likeness (QED) is 0.625. The van der Waals surface area contributed by atoms with Crippen LogP contribution >= 0.6 is 0 Å². The minimum absolute atomic E-state index is 0.411. The van der Waals surface area contributed by atoms with Crippen molar-refractivity contribution in [3.05, 3.63) is 6.07 Å². The fourth-order valence-electron chi connectivity index (χ4n) is 5.57. The Kier molecular flexibility index (Phi) is 7.91. The molecule has 1 N–H and O–H groups in total. The third-order valence-corrected chi connectivity index (χ3v) is 7.43. The predicted octanol–water partition coefficient (Wildman–Crippen LogP) is 2.78. The number of anilines is 2. The van der Waals surface area contributed by atoms with Crippen LogP contribution in [0.3, 0.4) is 0 Å². The summed E-state index contributed by atoms with van der Waals surface area (Å²) >= 11 is 0. The minimum Gasteiger partial charge on any atom is -0.462 e. The molecule has 0 amide bonds. The van der Waals surface area contributed by atoms with Gasteiger partial charge in [-0.1, -0.05) is 12.8 Å². The summed E-state index contributed by atoms with van der Waals surface area (Å²) in [5.74, 6) is 3.04. The first-order valence-corrected chi connectivity index (χ1v) is 12.8. The Balaban J connectivity index is 1.28. The number of hydrazone groups is 1. The average Bonchev–Trinajstić information content (AvgIpc) is 2.88. The van der Waals surface area contributed by atoms with Crippen LogP contribution in [-0.4, -0.2) is 86.3 Å². The van der Waals surface area contributed by atoms with Crippen molar-refractivity contribution in [2.75, 3.05) is 76.1 Å². The molecule has 0 unspecified atom stereocenters. The molecule has 2 saturated heterocycles. The van der Waals surface area contributed by atoms with Crippen molar-refractivity contribution in [2.45, 2.75) is 44.9 Å². The molecule has 1 aromatic rings. The van der Waals surface area contributed by atoms with E-state index in [1.165, 1.54) is 44.2 Å². The molecular weight excluding hydrogens is 420 g/mol. The van der Waals surface area contributed by atoms with Gasteiger partial charge < -0.3 is 19.1 Å². The fourth-order valence-corrected chi connectivity index (χ4v) is 5.57. The molecule has 4 fully saturated rings. The third-order valence-electron chi connectivity index (χ3n) is 7.43. The second-order valence-electron chi connectivity index (χ2n) is 9.55. The molecule has 2 aliphatic carbocycles. The van der Waals surface area contributed by atoms with Crippen LogP contribution in [-0.2, 0) is 9.47 Å². The van der Waals surface area contributed by atoms with Gasteiger partial charge in [0.05, 0.1) is 26.4 Å². The highest BCUT2D eigenvalue weighted by molar-refractivity contribution is 5.88. The Morgan fingerprint density at radius 1 is 0.970 bits per heavy atom. The zero-order valence-corrected chi connectivity index (χ0v) is 19.7. The van der Waals surface area contributed by atoms with E-state index in [0.717, 1.165) is 64.1 Å². The van der Waals surface area contributed by atoms with E-state index in [4.69, 9.17) is 24.3 Å². The molecule has 33 heavy (non-hydrogen) atoms. The highest BCUT2D eigenvalue weighted by Crippen LogP contribution is 2.39. The van der Waals surface area contributed by atoms with E-state index >= 15 is 0 Å². The van der Waals surface area contributed by atoms with Crippen molar-refractivity contribution in [2.24, 2.45) is 16.9 Å². The lowest BCUT2D eigenvalue weighted by Crippen LogP contribution is -2.39. The number of hydrogen-bond acceptors (Lipinski definition) is 9. The number of nitrogens with zero attached hydrogens (tertiary/aromatic N) is 5. The summed E-state index contributed by atoms with van der Waals surface area (Å²) in [4.78, 5) is 13.9. The fraction of sp³-hybridized carbons (Fsp3) is 0.792. The Labute approximate surface area is 196 Å². The average molecular weight is 459 g/mol. The van der Waals surface area contributed by atoms with Crippen molar-refractivity contribution in [3.8, 4) is 6.01 Å². The molecule has 4 aliphatic rings. The van der Waals surface area contributed by atoms with E-state index in [9.17, 15) is 0 Å². The van der Waals surface area contributed by atoms with E-state index in [1.54, 1.807) is 0 Å². The van der Waals surface area contributed by atoms with Gasteiger partial charge in [0.2, 0.25) is 0 Å². The molecule has 0 spiro atoms. The normalized spacial score (nSPS) is 27.9. The molecular formula is C24H38N6O3. The molecule has 2 saturated carbocycles. The molecule has 9 nitrogen and oxygen atoms in total. The van der Waals surface area contributed by atoms with Crippen LogP contribution in [0.1, 0.15) is 44.9 Å². The maximum Gasteiger partial charge on any atom is 0.320 e. The monoisotopic (exact) mass is 458 g/mol. The molecule has 2 aliphatic heterocycles. The number of nitrogens with one attached hydrogen (secondary N) is 1. The number of hydrogen-bond donors (Lipinski definition) is 1. The molecule has 0 aromatic carbocycles. The van der Waals surface area contributed by atoms with Crippen LogP contribution in [0, 0.1) is 11.8 Å². The smallest absolute Gasteiger partial charge is 0.320 e. The number of morpholine rings is 2. The summed E-state index contributed by atoms with van der Waals surface area (Å²) < 4.78 is 17.0. The van der Waals surface area contributed by atoms with Gasteiger partial charge in [0.1, 0.15) is 12.4 Å². The summed E-state index contributed by atoms with van der Waals surface area (Å²) in [5.41, 5.74) is 4.61.